The van der Waals surface area contributed by atoms with Crippen LogP contribution in [0.3, 0.4) is 0 Å². The van der Waals surface area contributed by atoms with Crippen molar-refractivity contribution in [1.82, 2.24) is 4.90 Å². The highest BCUT2D eigenvalue weighted by atomic mass is 79.9. The number of halogens is 1. The summed E-state index contributed by atoms with van der Waals surface area (Å²) in [7, 11) is 3.48. The quantitative estimate of drug-likeness (QED) is 0.749. The molecule has 0 atom stereocenters. The molecule has 1 aromatic carbocycles. The van der Waals surface area contributed by atoms with E-state index in [0.29, 0.717) is 5.56 Å². The fraction of sp³-hybridized carbons (Fsp3) is 0.462. The number of ether oxygens (including phenoxy) is 1. The van der Waals surface area contributed by atoms with Crippen molar-refractivity contribution in [2.75, 3.05) is 32.7 Å². The van der Waals surface area contributed by atoms with E-state index in [-0.39, 0.29) is 5.97 Å². The van der Waals surface area contributed by atoms with Gasteiger partial charge in [0.2, 0.25) is 0 Å². The van der Waals surface area contributed by atoms with Crippen molar-refractivity contribution in [3.63, 3.8) is 0 Å². The minimum Gasteiger partial charge on any atom is -0.465 e. The van der Waals surface area contributed by atoms with Gasteiger partial charge in [-0.2, -0.15) is 11.8 Å². The first-order valence-electron chi connectivity index (χ1n) is 5.62. The van der Waals surface area contributed by atoms with Crippen molar-refractivity contribution in [3.05, 3.63) is 33.8 Å². The van der Waals surface area contributed by atoms with E-state index < -0.39 is 0 Å². The summed E-state index contributed by atoms with van der Waals surface area (Å²) in [6.45, 7) is 1.91. The van der Waals surface area contributed by atoms with Crippen LogP contribution in [0.2, 0.25) is 0 Å². The molecule has 0 saturated carbocycles. The second-order valence-corrected chi connectivity index (χ2v) is 5.87. The van der Waals surface area contributed by atoms with Crippen molar-refractivity contribution in [3.8, 4) is 0 Å². The Labute approximate surface area is 121 Å². The third kappa shape index (κ3) is 4.63. The molecule has 0 fully saturated rings. The van der Waals surface area contributed by atoms with Crippen LogP contribution in [-0.4, -0.2) is 43.6 Å². The van der Waals surface area contributed by atoms with Crippen LogP contribution in [0.4, 0.5) is 0 Å². The number of hydrogen-bond donors (Lipinski definition) is 0. The average Bonchev–Trinajstić information content (AvgIpc) is 2.37. The average molecular weight is 332 g/mol. The Morgan fingerprint density at radius 3 is 2.78 bits per heavy atom. The molecule has 0 amide bonds. The Hall–Kier alpha value is -0.520. The number of nitrogens with zero attached hydrogens (tertiary/aromatic N) is 1. The number of esters is 1. The third-order valence-corrected chi connectivity index (χ3v) is 3.92. The molecule has 0 unspecified atom stereocenters. The Bertz CT molecular complexity index is 412. The summed E-state index contributed by atoms with van der Waals surface area (Å²) in [5, 5.41) is 0. The molecule has 0 aromatic heterocycles. The van der Waals surface area contributed by atoms with Gasteiger partial charge in [-0.25, -0.2) is 4.79 Å². The molecular weight excluding hydrogens is 314 g/mol. The molecule has 0 spiro atoms. The van der Waals surface area contributed by atoms with Gasteiger partial charge in [0.1, 0.15) is 0 Å². The topological polar surface area (TPSA) is 29.5 Å². The van der Waals surface area contributed by atoms with Crippen LogP contribution in [0.1, 0.15) is 15.9 Å². The van der Waals surface area contributed by atoms with Crippen LogP contribution in [0.15, 0.2) is 22.7 Å². The largest absolute Gasteiger partial charge is 0.465 e. The Morgan fingerprint density at radius 2 is 2.22 bits per heavy atom. The van der Waals surface area contributed by atoms with Crippen LogP contribution >= 0.6 is 27.7 Å². The van der Waals surface area contributed by atoms with Gasteiger partial charge in [-0.15, -0.1) is 0 Å². The number of carbonyl (C=O) groups excluding carboxylic acids is 1. The molecule has 0 aliphatic rings. The highest BCUT2D eigenvalue weighted by molar-refractivity contribution is 9.10. The predicted molar refractivity (Wildman–Crippen MR) is 80.2 cm³/mol. The molecule has 5 heteroatoms. The van der Waals surface area contributed by atoms with Gasteiger partial charge in [0.15, 0.2) is 0 Å². The Morgan fingerprint density at radius 1 is 1.50 bits per heavy atom. The summed E-state index contributed by atoms with van der Waals surface area (Å²) < 4.78 is 5.64. The van der Waals surface area contributed by atoms with Crippen LogP contribution in [0.25, 0.3) is 0 Å². The highest BCUT2D eigenvalue weighted by Crippen LogP contribution is 2.20. The van der Waals surface area contributed by atoms with Gasteiger partial charge in [0.05, 0.1) is 12.7 Å². The molecule has 18 heavy (non-hydrogen) atoms. The van der Waals surface area contributed by atoms with E-state index >= 15 is 0 Å². The second kappa shape index (κ2) is 7.81. The second-order valence-electron chi connectivity index (χ2n) is 4.03. The molecule has 100 valence electrons. The van der Waals surface area contributed by atoms with Crippen LogP contribution in [0.5, 0.6) is 0 Å². The number of methoxy groups -OCH3 is 1. The minimum atomic E-state index is -0.307. The van der Waals surface area contributed by atoms with E-state index in [9.17, 15) is 4.79 Å². The summed E-state index contributed by atoms with van der Waals surface area (Å²) in [5.74, 6) is 0.812. The van der Waals surface area contributed by atoms with E-state index in [1.807, 2.05) is 23.9 Å². The van der Waals surface area contributed by atoms with Crippen molar-refractivity contribution in [2.24, 2.45) is 0 Å². The van der Waals surface area contributed by atoms with E-state index in [1.165, 1.54) is 12.7 Å². The van der Waals surface area contributed by atoms with Crippen molar-refractivity contribution < 1.29 is 9.53 Å². The van der Waals surface area contributed by atoms with Gasteiger partial charge < -0.3 is 9.64 Å². The maximum Gasteiger partial charge on any atom is 0.337 e. The SMILES string of the molecule is COC(=O)c1ccc(CN(C)CCSC)c(Br)c1. The zero-order chi connectivity index (χ0) is 13.5. The molecule has 0 bridgehead atoms. The maximum atomic E-state index is 11.4. The fourth-order valence-electron chi connectivity index (χ4n) is 1.54. The third-order valence-electron chi connectivity index (χ3n) is 2.59. The van der Waals surface area contributed by atoms with Gasteiger partial charge in [-0.3, -0.25) is 0 Å². The van der Waals surface area contributed by atoms with Gasteiger partial charge in [0, 0.05) is 23.3 Å². The molecular formula is C13H18BrNO2S. The number of benzene rings is 1. The number of carbonyl (C=O) groups is 1. The first-order chi connectivity index (χ1) is 8.58. The van der Waals surface area contributed by atoms with Crippen LogP contribution in [0, 0.1) is 0 Å². The van der Waals surface area contributed by atoms with Crippen LogP contribution < -0.4 is 0 Å². The number of hydrogen-bond acceptors (Lipinski definition) is 4. The van der Waals surface area contributed by atoms with E-state index in [0.717, 1.165) is 23.3 Å². The van der Waals surface area contributed by atoms with Gasteiger partial charge in [-0.05, 0) is 31.0 Å². The van der Waals surface area contributed by atoms with Crippen molar-refractivity contribution in [1.29, 1.82) is 0 Å². The molecule has 0 aliphatic carbocycles. The van der Waals surface area contributed by atoms with Gasteiger partial charge >= 0.3 is 5.97 Å². The Kier molecular flexibility index (Phi) is 6.75. The molecule has 1 rings (SSSR count). The summed E-state index contributed by atoms with van der Waals surface area (Å²) in [4.78, 5) is 13.6. The molecule has 0 radical (unpaired) electrons. The smallest absolute Gasteiger partial charge is 0.337 e. The summed E-state index contributed by atoms with van der Waals surface area (Å²) in [6, 6.07) is 5.57. The lowest BCUT2D eigenvalue weighted by molar-refractivity contribution is 0.0600. The maximum absolute atomic E-state index is 11.4. The normalized spacial score (nSPS) is 10.7. The zero-order valence-electron chi connectivity index (χ0n) is 10.9. The molecule has 3 nitrogen and oxygen atoms in total. The van der Waals surface area contributed by atoms with E-state index in [4.69, 9.17) is 4.74 Å². The lowest BCUT2D eigenvalue weighted by Crippen LogP contribution is -2.21. The summed E-state index contributed by atoms with van der Waals surface area (Å²) in [6.07, 6.45) is 2.11. The van der Waals surface area contributed by atoms with E-state index in [2.05, 4.69) is 34.1 Å². The highest BCUT2D eigenvalue weighted by Gasteiger charge is 2.09. The monoisotopic (exact) mass is 331 g/mol. The predicted octanol–water partition coefficient (Wildman–Crippen LogP) is 3.03. The fourth-order valence-corrected chi connectivity index (χ4v) is 2.54. The van der Waals surface area contributed by atoms with Gasteiger partial charge in [0.25, 0.3) is 0 Å². The van der Waals surface area contributed by atoms with Crippen molar-refractivity contribution >= 4 is 33.7 Å². The standard InChI is InChI=1S/C13H18BrNO2S/c1-15(6-7-18-3)9-11-5-4-10(8-12(11)14)13(16)17-2/h4-5,8H,6-7,9H2,1-3H3. The minimum absolute atomic E-state index is 0.307. The first kappa shape index (κ1) is 15.5. The zero-order valence-corrected chi connectivity index (χ0v) is 13.3. The number of thioether (sulfide) groups is 1. The molecule has 0 saturated heterocycles. The summed E-state index contributed by atoms with van der Waals surface area (Å²) in [5.41, 5.74) is 1.74. The van der Waals surface area contributed by atoms with Crippen LogP contribution in [-0.2, 0) is 11.3 Å². The molecule has 0 aliphatic heterocycles. The lowest BCUT2D eigenvalue weighted by atomic mass is 10.1. The Balaban J connectivity index is 2.70. The van der Waals surface area contributed by atoms with Gasteiger partial charge in [-0.1, -0.05) is 22.0 Å². The molecule has 0 heterocycles. The molecule has 1 aromatic rings. The van der Waals surface area contributed by atoms with Crippen molar-refractivity contribution in [2.45, 2.75) is 6.54 Å². The van der Waals surface area contributed by atoms with E-state index in [1.54, 1.807) is 6.07 Å². The lowest BCUT2D eigenvalue weighted by Gasteiger charge is -2.17. The number of rotatable bonds is 6. The first-order valence-corrected chi connectivity index (χ1v) is 7.81. The molecule has 0 N–H and O–H groups in total. The summed E-state index contributed by atoms with van der Waals surface area (Å²) >= 11 is 5.34.